The third kappa shape index (κ3) is 5.19. The number of aromatic nitrogens is 2. The molecule has 3 rings (SSSR count). The molecule has 1 atom stereocenters. The number of aryl methyl sites for hydroxylation is 1. The molecule has 1 unspecified atom stereocenters. The van der Waals surface area contributed by atoms with E-state index in [4.69, 9.17) is 11.6 Å². The predicted molar refractivity (Wildman–Crippen MR) is 122 cm³/mol. The topological polar surface area (TPSA) is 93.1 Å². The van der Waals surface area contributed by atoms with Gasteiger partial charge in [0.15, 0.2) is 0 Å². The maximum Gasteiger partial charge on any atom is 0.291 e. The molecule has 0 radical (unpaired) electrons. The Morgan fingerprint density at radius 3 is 2.35 bits per heavy atom. The van der Waals surface area contributed by atoms with Gasteiger partial charge < -0.3 is 10.6 Å². The molecule has 3 aromatic rings. The summed E-state index contributed by atoms with van der Waals surface area (Å²) in [5, 5.41) is 10.0. The number of carbonyl (C=O) groups is 2. The molecular formula is C23H23ClN4O3. The monoisotopic (exact) mass is 438 g/mol. The van der Waals surface area contributed by atoms with Crippen LogP contribution in [0.4, 0.5) is 11.4 Å². The molecule has 0 saturated heterocycles. The van der Waals surface area contributed by atoms with Gasteiger partial charge in [-0.2, -0.15) is 5.10 Å². The van der Waals surface area contributed by atoms with Crippen molar-refractivity contribution in [2.75, 3.05) is 10.6 Å². The molecule has 0 saturated carbocycles. The van der Waals surface area contributed by atoms with Gasteiger partial charge in [0.25, 0.3) is 5.56 Å². The van der Waals surface area contributed by atoms with Crippen molar-refractivity contribution >= 4 is 34.8 Å². The van der Waals surface area contributed by atoms with Crippen LogP contribution in [0.1, 0.15) is 32.4 Å². The fraction of sp³-hybridized carbons (Fsp3) is 0.217. The van der Waals surface area contributed by atoms with Crippen LogP contribution in [0, 0.1) is 0 Å². The summed E-state index contributed by atoms with van der Waals surface area (Å²) in [4.78, 5) is 37.4. The number of para-hydroxylation sites is 1. The van der Waals surface area contributed by atoms with E-state index in [1.54, 1.807) is 31.2 Å². The number of rotatable bonds is 6. The van der Waals surface area contributed by atoms with Gasteiger partial charge in [0, 0.05) is 12.5 Å². The normalized spacial score (nSPS) is 11.6. The molecule has 160 valence electrons. The Balaban J connectivity index is 2.02. The SMILES string of the molecule is CCc1ccc(-c2cc(NC(C)=O)c(=O)n(C(C)C(=O)Nc3ccccc3Cl)n2)cc1. The van der Waals surface area contributed by atoms with Crippen LogP contribution in [0.15, 0.2) is 59.4 Å². The third-order valence-corrected chi connectivity index (χ3v) is 5.11. The second kappa shape index (κ2) is 9.57. The third-order valence-electron chi connectivity index (χ3n) is 4.78. The van der Waals surface area contributed by atoms with E-state index in [-0.39, 0.29) is 5.69 Å². The summed E-state index contributed by atoms with van der Waals surface area (Å²) in [5.41, 5.74) is 2.29. The predicted octanol–water partition coefficient (Wildman–Crippen LogP) is 4.28. The minimum atomic E-state index is -0.953. The van der Waals surface area contributed by atoms with Gasteiger partial charge in [0.05, 0.1) is 16.4 Å². The van der Waals surface area contributed by atoms with E-state index in [9.17, 15) is 14.4 Å². The van der Waals surface area contributed by atoms with Gasteiger partial charge in [0.2, 0.25) is 11.8 Å². The Morgan fingerprint density at radius 1 is 1.06 bits per heavy atom. The first-order chi connectivity index (χ1) is 14.8. The average Bonchev–Trinajstić information content (AvgIpc) is 2.76. The summed E-state index contributed by atoms with van der Waals surface area (Å²) in [7, 11) is 0. The van der Waals surface area contributed by atoms with E-state index in [0.29, 0.717) is 16.4 Å². The van der Waals surface area contributed by atoms with Crippen molar-refractivity contribution in [2.45, 2.75) is 33.2 Å². The molecule has 1 heterocycles. The summed E-state index contributed by atoms with van der Waals surface area (Å²) in [6.45, 7) is 4.93. The molecule has 0 bridgehead atoms. The number of anilines is 2. The molecule has 2 aromatic carbocycles. The first kappa shape index (κ1) is 22.2. The van der Waals surface area contributed by atoms with Crippen molar-refractivity contribution in [3.05, 3.63) is 75.5 Å². The van der Waals surface area contributed by atoms with Gasteiger partial charge in [-0.3, -0.25) is 14.4 Å². The Labute approximate surface area is 185 Å². The van der Waals surface area contributed by atoms with E-state index < -0.39 is 23.4 Å². The van der Waals surface area contributed by atoms with Crippen LogP contribution >= 0.6 is 11.6 Å². The molecule has 2 amide bonds. The van der Waals surface area contributed by atoms with Crippen LogP contribution in [-0.2, 0) is 16.0 Å². The van der Waals surface area contributed by atoms with Crippen LogP contribution < -0.4 is 16.2 Å². The Hall–Kier alpha value is -3.45. The van der Waals surface area contributed by atoms with Crippen LogP contribution in [0.3, 0.4) is 0 Å². The average molecular weight is 439 g/mol. The summed E-state index contributed by atoms with van der Waals surface area (Å²) in [5.74, 6) is -0.856. The highest BCUT2D eigenvalue weighted by atomic mass is 35.5. The smallest absolute Gasteiger partial charge is 0.291 e. The number of nitrogens with one attached hydrogen (secondary N) is 2. The van der Waals surface area contributed by atoms with E-state index in [2.05, 4.69) is 22.7 Å². The van der Waals surface area contributed by atoms with E-state index in [1.165, 1.54) is 13.0 Å². The fourth-order valence-electron chi connectivity index (χ4n) is 3.02. The number of nitrogens with zero attached hydrogens (tertiary/aromatic N) is 2. The number of hydrogen-bond acceptors (Lipinski definition) is 4. The van der Waals surface area contributed by atoms with Gasteiger partial charge in [-0.1, -0.05) is 54.9 Å². The zero-order valence-corrected chi connectivity index (χ0v) is 18.2. The summed E-state index contributed by atoms with van der Waals surface area (Å²) < 4.78 is 1.07. The first-order valence-electron chi connectivity index (χ1n) is 9.86. The van der Waals surface area contributed by atoms with Gasteiger partial charge in [-0.25, -0.2) is 4.68 Å². The first-order valence-corrected chi connectivity index (χ1v) is 10.2. The maximum atomic E-state index is 12.9. The molecule has 7 nitrogen and oxygen atoms in total. The van der Waals surface area contributed by atoms with E-state index in [0.717, 1.165) is 22.2 Å². The van der Waals surface area contributed by atoms with Gasteiger partial charge in [-0.15, -0.1) is 0 Å². The quantitative estimate of drug-likeness (QED) is 0.600. The number of halogens is 1. The molecule has 0 aliphatic heterocycles. The summed E-state index contributed by atoms with van der Waals surface area (Å²) in [6, 6.07) is 15.1. The number of hydrogen-bond donors (Lipinski definition) is 2. The van der Waals surface area contributed by atoms with E-state index in [1.807, 2.05) is 24.3 Å². The van der Waals surface area contributed by atoms with Crippen molar-refractivity contribution in [1.29, 1.82) is 0 Å². The Bertz CT molecular complexity index is 1170. The van der Waals surface area contributed by atoms with Crippen molar-refractivity contribution in [1.82, 2.24) is 9.78 Å². The zero-order valence-electron chi connectivity index (χ0n) is 17.5. The lowest BCUT2D eigenvalue weighted by atomic mass is 10.1. The number of benzene rings is 2. The van der Waals surface area contributed by atoms with Gasteiger partial charge >= 0.3 is 0 Å². The molecule has 0 fully saturated rings. The van der Waals surface area contributed by atoms with Crippen LogP contribution in [0.5, 0.6) is 0 Å². The molecule has 8 heteroatoms. The minimum Gasteiger partial charge on any atom is -0.323 e. The molecule has 2 N–H and O–H groups in total. The highest BCUT2D eigenvalue weighted by Gasteiger charge is 2.21. The standard InChI is InChI=1S/C23H23ClN4O3/c1-4-16-9-11-17(12-10-16)20-13-21(25-15(3)29)23(31)28(27-20)14(2)22(30)26-19-8-6-5-7-18(19)24/h5-14H,4H2,1-3H3,(H,25,29)(H,26,30). The van der Waals surface area contributed by atoms with Gasteiger partial charge in [0.1, 0.15) is 11.7 Å². The van der Waals surface area contributed by atoms with Crippen LogP contribution in [0.25, 0.3) is 11.3 Å². The van der Waals surface area contributed by atoms with Crippen LogP contribution in [0.2, 0.25) is 5.02 Å². The lowest BCUT2D eigenvalue weighted by Crippen LogP contribution is -2.35. The molecule has 31 heavy (non-hydrogen) atoms. The van der Waals surface area contributed by atoms with Crippen molar-refractivity contribution in [3.63, 3.8) is 0 Å². The van der Waals surface area contributed by atoms with Crippen LogP contribution in [-0.4, -0.2) is 21.6 Å². The molecule has 0 spiro atoms. The molecule has 0 aliphatic carbocycles. The molecule has 0 aliphatic rings. The zero-order chi connectivity index (χ0) is 22.5. The van der Waals surface area contributed by atoms with Crippen molar-refractivity contribution in [2.24, 2.45) is 0 Å². The lowest BCUT2D eigenvalue weighted by molar-refractivity contribution is -0.119. The summed E-state index contributed by atoms with van der Waals surface area (Å²) >= 11 is 6.12. The van der Waals surface area contributed by atoms with Crippen molar-refractivity contribution < 1.29 is 9.59 Å². The Morgan fingerprint density at radius 2 is 1.74 bits per heavy atom. The second-order valence-electron chi connectivity index (χ2n) is 7.07. The highest BCUT2D eigenvalue weighted by Crippen LogP contribution is 2.23. The Kier molecular flexibility index (Phi) is 6.87. The molecular weight excluding hydrogens is 416 g/mol. The lowest BCUT2D eigenvalue weighted by Gasteiger charge is -2.17. The fourth-order valence-corrected chi connectivity index (χ4v) is 3.20. The number of amides is 2. The highest BCUT2D eigenvalue weighted by molar-refractivity contribution is 6.33. The van der Waals surface area contributed by atoms with E-state index >= 15 is 0 Å². The van der Waals surface area contributed by atoms with Gasteiger partial charge in [-0.05, 0) is 37.1 Å². The van der Waals surface area contributed by atoms with Crippen molar-refractivity contribution in [3.8, 4) is 11.3 Å². The second-order valence-corrected chi connectivity index (χ2v) is 7.48. The number of carbonyl (C=O) groups excluding carboxylic acids is 2. The largest absolute Gasteiger partial charge is 0.323 e. The summed E-state index contributed by atoms with van der Waals surface area (Å²) in [6.07, 6.45) is 0.892. The minimum absolute atomic E-state index is 0.0504. The maximum absolute atomic E-state index is 12.9. The molecule has 1 aromatic heterocycles.